The Hall–Kier alpha value is -1.44. The van der Waals surface area contributed by atoms with Gasteiger partial charge in [0.15, 0.2) is 11.0 Å². The summed E-state index contributed by atoms with van der Waals surface area (Å²) in [6.07, 6.45) is 10.4. The van der Waals surface area contributed by atoms with E-state index >= 15 is 0 Å². The number of unbranched alkanes of at least 4 members (excludes halogenated alkanes) is 11. The van der Waals surface area contributed by atoms with E-state index in [1.807, 2.05) is 0 Å². The van der Waals surface area contributed by atoms with Crippen molar-refractivity contribution in [2.45, 2.75) is 134 Å². The quantitative estimate of drug-likeness (QED) is 0.0726. The Morgan fingerprint density at radius 3 is 2.31 bits per heavy atom. The van der Waals surface area contributed by atoms with Gasteiger partial charge >= 0.3 is 7.82 Å². The summed E-state index contributed by atoms with van der Waals surface area (Å²) in [5.74, 6) is -0.349. The highest BCUT2D eigenvalue weighted by molar-refractivity contribution is 7.71. The van der Waals surface area contributed by atoms with E-state index in [2.05, 4.69) is 17.2 Å². The van der Waals surface area contributed by atoms with Crippen LogP contribution >= 0.6 is 20.0 Å². The minimum atomic E-state index is -5.08. The molecule has 1 amide bonds. The lowest BCUT2D eigenvalue weighted by Gasteiger charge is -2.28. The topological polar surface area (TPSA) is 172 Å². The van der Waals surface area contributed by atoms with Gasteiger partial charge in [-0.1, -0.05) is 84.0 Å². The third kappa shape index (κ3) is 12.7. The summed E-state index contributed by atoms with van der Waals surface area (Å²) in [6.45, 7) is 1.16. The van der Waals surface area contributed by atoms with E-state index in [1.165, 1.54) is 64.5 Å². The summed E-state index contributed by atoms with van der Waals surface area (Å²) < 4.78 is 45.6. The second kappa shape index (κ2) is 18.4. The summed E-state index contributed by atoms with van der Waals surface area (Å²) in [5.41, 5.74) is -2.66. The van der Waals surface area contributed by atoms with E-state index in [0.717, 1.165) is 43.2 Å². The molecule has 242 valence electrons. The third-order valence-electron chi connectivity index (χ3n) is 7.30. The first kappa shape index (κ1) is 33.5. The van der Waals surface area contributed by atoms with Crippen molar-refractivity contribution in [1.82, 2.24) is 14.9 Å². The van der Waals surface area contributed by atoms with Crippen LogP contribution in [0.4, 0.5) is 0 Å². The Kier molecular flexibility index (Phi) is 14.6. The summed E-state index contributed by atoms with van der Waals surface area (Å²) in [6, 6.07) is 0.490. The van der Waals surface area contributed by atoms with Crippen molar-refractivity contribution in [3.8, 4) is 0 Å². The summed E-state index contributed by atoms with van der Waals surface area (Å²) >= 11 is 5.08. The van der Waals surface area contributed by atoms with Gasteiger partial charge in [0.05, 0.1) is 21.9 Å². The Labute approximate surface area is 256 Å². The molecule has 1 aromatic heterocycles. The highest BCUT2D eigenvalue weighted by Gasteiger charge is 2.53. The maximum atomic E-state index is 12.8. The van der Waals surface area contributed by atoms with Crippen LogP contribution in [0.25, 0.3) is 0 Å². The van der Waals surface area contributed by atoms with Gasteiger partial charge in [0.2, 0.25) is 5.91 Å². The molecule has 12 nitrogen and oxygen atoms in total. The molecule has 3 unspecified atom stereocenters. The molecule has 1 fully saturated rings. The van der Waals surface area contributed by atoms with Gasteiger partial charge in [-0.3, -0.25) is 28.2 Å². The molecule has 1 aromatic rings. The Bertz CT molecular complexity index is 1200. The number of nitrogens with one attached hydrogen (secondary N) is 2. The number of amides is 1. The zero-order valence-corrected chi connectivity index (χ0v) is 26.7. The normalized spacial score (nSPS) is 25.4. The summed E-state index contributed by atoms with van der Waals surface area (Å²) in [4.78, 5) is 35.9. The van der Waals surface area contributed by atoms with Crippen molar-refractivity contribution < 1.29 is 41.0 Å². The molecule has 6 atom stereocenters. The Balaban J connectivity index is 1.86. The Morgan fingerprint density at radius 1 is 1.19 bits per heavy atom. The fraction of sp³-hybridized carbons (Fsp3) is 0.821. The molecule has 42 heavy (non-hydrogen) atoms. The van der Waals surface area contributed by atoms with E-state index in [0.29, 0.717) is 6.42 Å². The average molecular weight is 638 g/mol. The largest absolute Gasteiger partial charge is 0.472 e. The van der Waals surface area contributed by atoms with Crippen molar-refractivity contribution in [3.05, 3.63) is 27.4 Å². The third-order valence-corrected chi connectivity index (χ3v) is 8.43. The molecule has 5 N–H and O–H groups in total. The lowest BCUT2D eigenvalue weighted by Crippen LogP contribution is -2.44. The number of aliphatic hydroxyl groups excluding tert-OH is 1. The van der Waals surface area contributed by atoms with Crippen molar-refractivity contribution in [2.24, 2.45) is 0 Å². The summed E-state index contributed by atoms with van der Waals surface area (Å²) in [7, 11) is -5.08. The van der Waals surface area contributed by atoms with Crippen LogP contribution in [0.1, 0.15) is 113 Å². The molecule has 0 aromatic carbocycles. The smallest absolute Gasteiger partial charge is 0.387 e. The number of ether oxygens (including phenoxy) is 1. The van der Waals surface area contributed by atoms with E-state index in [1.54, 1.807) is 0 Å². The molecule has 0 spiro atoms. The fourth-order valence-electron chi connectivity index (χ4n) is 4.90. The van der Waals surface area contributed by atoms with Gasteiger partial charge in [0.25, 0.3) is 5.56 Å². The van der Waals surface area contributed by atoms with E-state index < -0.39 is 56.6 Å². The lowest BCUT2D eigenvalue weighted by atomic mass is 9.96. The number of hydrogen-bond acceptors (Lipinski definition) is 9. The predicted octanol–water partition coefficient (Wildman–Crippen LogP) is 4.64. The number of nitrogens with zero attached hydrogens (tertiary/aromatic N) is 1. The minimum absolute atomic E-state index is 0.162. The molecule has 0 saturated carbocycles. The first-order valence-corrected chi connectivity index (χ1v) is 16.8. The van der Waals surface area contributed by atoms with Crippen molar-refractivity contribution in [2.75, 3.05) is 13.2 Å². The van der Waals surface area contributed by atoms with Gasteiger partial charge in [0.1, 0.15) is 17.8 Å². The fourth-order valence-corrected chi connectivity index (χ4v) is 5.82. The van der Waals surface area contributed by atoms with Crippen LogP contribution in [0.2, 0.25) is 0 Å². The van der Waals surface area contributed by atoms with Crippen molar-refractivity contribution in [3.63, 3.8) is 0 Å². The zero-order valence-electron chi connectivity index (χ0n) is 27.0. The van der Waals surface area contributed by atoms with Gasteiger partial charge < -0.3 is 25.2 Å². The second-order valence-electron chi connectivity index (χ2n) is 11.1. The van der Waals surface area contributed by atoms with Gasteiger partial charge in [-0.05, 0) is 25.6 Å². The Morgan fingerprint density at radius 2 is 1.76 bits per heavy atom. The molecule has 0 bridgehead atoms. The van der Waals surface area contributed by atoms with Crippen LogP contribution in [0.5, 0.6) is 0 Å². The van der Waals surface area contributed by atoms with E-state index in [9.17, 15) is 29.3 Å². The monoisotopic (exact) mass is 637 g/mol. The number of aromatic amines is 1. The van der Waals surface area contributed by atoms with Crippen LogP contribution in [0.15, 0.2) is 17.1 Å². The highest BCUT2D eigenvalue weighted by Crippen LogP contribution is 2.46. The maximum Gasteiger partial charge on any atom is 0.472 e. The number of H-pyrrole nitrogens is 1. The number of rotatable bonds is 21. The molecule has 2 rings (SSSR count). The molecule has 1 saturated heterocycles. The van der Waals surface area contributed by atoms with E-state index in [-0.39, 0.29) is 10.7 Å². The van der Waals surface area contributed by atoms with Gasteiger partial charge in [-0.2, -0.15) is 0 Å². The first-order valence-electron chi connectivity index (χ1n) is 15.9. The molecule has 2 heterocycles. The van der Waals surface area contributed by atoms with Crippen LogP contribution < -0.4 is 10.9 Å². The van der Waals surface area contributed by atoms with Crippen LogP contribution in [0.3, 0.4) is 0 Å². The number of aliphatic hydroxyl groups is 2. The molecule has 14 heteroatoms. The van der Waals surface area contributed by atoms with Gasteiger partial charge in [-0.15, -0.1) is 0 Å². The minimum Gasteiger partial charge on any atom is -0.387 e. The zero-order chi connectivity index (χ0) is 33.0. The number of aromatic nitrogens is 2. The standard InChI is InChI=1S/C28H50N3O9PS/c1-4-5-6-7-8-9-10-11-12-13-14-15-16-22(29-21(2)32)19-38-41(36,37)39-20-23-25(34)28(3,35)26(40-23)31-18-17-24(33)30-27(31)42/h17-18,22-23,25-26,34-35H,4-16,19-20H2,1-3H3,(H,29,32)(H,36,37)(H,30,33,42)/t22?,23-,25+,26-,28?/m1/s1/i20D2. The number of carbonyl (C=O) groups is 1. The molecule has 1 aliphatic rings. The first-order chi connectivity index (χ1) is 20.6. The average Bonchev–Trinajstić information content (AvgIpc) is 3.16. The van der Waals surface area contributed by atoms with Gasteiger partial charge in [-0.25, -0.2) is 4.57 Å². The molecular weight excluding hydrogens is 585 g/mol. The number of phosphoric ester groups is 1. The van der Waals surface area contributed by atoms with Gasteiger partial charge in [0, 0.05) is 19.2 Å². The van der Waals surface area contributed by atoms with Crippen molar-refractivity contribution >= 4 is 25.9 Å². The van der Waals surface area contributed by atoms with Crippen LogP contribution in [-0.2, 0) is 23.1 Å². The highest BCUT2D eigenvalue weighted by atomic mass is 32.1. The number of carbonyl (C=O) groups excluding carboxylic acids is 1. The molecule has 0 aliphatic carbocycles. The van der Waals surface area contributed by atoms with E-state index in [4.69, 9.17) is 28.7 Å². The second-order valence-corrected chi connectivity index (χ2v) is 12.9. The van der Waals surface area contributed by atoms with Crippen molar-refractivity contribution in [1.29, 1.82) is 0 Å². The predicted molar refractivity (Wildman–Crippen MR) is 161 cm³/mol. The lowest BCUT2D eigenvalue weighted by molar-refractivity contribution is -0.120. The van der Waals surface area contributed by atoms with Crippen LogP contribution in [0, 0.1) is 4.77 Å². The maximum absolute atomic E-state index is 12.8. The number of phosphoric acid groups is 1. The van der Waals surface area contributed by atoms with Crippen LogP contribution in [-0.4, -0.2) is 67.6 Å². The SMILES string of the molecule is [2H]C([2H])(OP(=O)(O)OCC(CCCCCCCCCCCCCC)NC(C)=O)[C@H]1O[C@@H](n2ccc(=O)[nH]c2=S)C(C)(O)[C@H]1O. The summed E-state index contributed by atoms with van der Waals surface area (Å²) in [5, 5.41) is 24.3. The molecule has 0 radical (unpaired) electrons. The number of hydrogen-bond donors (Lipinski definition) is 5. The molecular formula is C28H50N3O9PS. The molecule has 1 aliphatic heterocycles.